The van der Waals surface area contributed by atoms with Gasteiger partial charge in [0.05, 0.1) is 0 Å². The van der Waals surface area contributed by atoms with Crippen LogP contribution in [0.1, 0.15) is 146 Å². The van der Waals surface area contributed by atoms with Gasteiger partial charge in [0.2, 0.25) is 0 Å². The number of halogens is 2. The molecule has 0 nitrogen and oxygen atoms in total. The van der Waals surface area contributed by atoms with E-state index in [0.29, 0.717) is 11.8 Å². The standard InChI is InChI=1S/C27H33F.C26H31F/c1-3-5-7-25-18-19-26(20-27(25)28)24-16-14-23(15-17-24)13-12-22-10-8-21(6-4-2)9-11-22;1-3-5-6-24-17-18-25(19-26(24)27)23-15-13-22(14-16-23)12-11-21-9-7-20(4-2)8-10-21/h14-22H,3-11H2,1-2H3;13-21H,3-10H2,1-2H3/t21-,22-;20-,21-. The molecule has 0 aromatic heterocycles. The molecule has 2 fully saturated rings. The lowest BCUT2D eigenvalue weighted by atomic mass is 9.80. The minimum absolute atomic E-state index is 0.0894. The van der Waals surface area contributed by atoms with Crippen LogP contribution in [0.25, 0.3) is 22.3 Å². The molecule has 4 aromatic carbocycles. The van der Waals surface area contributed by atoms with Gasteiger partial charge in [0.25, 0.3) is 0 Å². The third-order valence-corrected chi connectivity index (χ3v) is 12.0. The van der Waals surface area contributed by atoms with Gasteiger partial charge in [-0.2, -0.15) is 0 Å². The van der Waals surface area contributed by atoms with E-state index in [2.05, 4.69) is 99.9 Å². The summed E-state index contributed by atoms with van der Waals surface area (Å²) in [6, 6.07) is 27.7. The summed E-state index contributed by atoms with van der Waals surface area (Å²) in [6.45, 7) is 8.84. The molecule has 0 bridgehead atoms. The summed E-state index contributed by atoms with van der Waals surface area (Å²) in [4.78, 5) is 0. The molecular formula is C53H64F2. The highest BCUT2D eigenvalue weighted by molar-refractivity contribution is 5.66. The predicted octanol–water partition coefficient (Wildman–Crippen LogP) is 15.2. The van der Waals surface area contributed by atoms with Crippen LogP contribution in [0.5, 0.6) is 0 Å². The van der Waals surface area contributed by atoms with Crippen LogP contribution >= 0.6 is 0 Å². The van der Waals surface area contributed by atoms with Crippen LogP contribution in [-0.4, -0.2) is 0 Å². The fourth-order valence-corrected chi connectivity index (χ4v) is 8.18. The molecule has 2 heteroatoms. The minimum Gasteiger partial charge on any atom is -0.207 e. The number of hydrogen-bond acceptors (Lipinski definition) is 0. The first kappa shape index (κ1) is 42.0. The van der Waals surface area contributed by atoms with Crippen molar-refractivity contribution in [2.24, 2.45) is 23.7 Å². The molecule has 2 aliphatic rings. The van der Waals surface area contributed by atoms with Crippen LogP contribution in [-0.2, 0) is 12.8 Å². The number of hydrogen-bond donors (Lipinski definition) is 0. The van der Waals surface area contributed by atoms with Gasteiger partial charge in [0.15, 0.2) is 0 Å². The average Bonchev–Trinajstić information content (AvgIpc) is 3.22. The summed E-state index contributed by atoms with van der Waals surface area (Å²) < 4.78 is 28.6. The Kier molecular flexibility index (Phi) is 17.1. The molecule has 6 rings (SSSR count). The van der Waals surface area contributed by atoms with Crippen molar-refractivity contribution in [2.45, 2.75) is 137 Å². The lowest BCUT2D eigenvalue weighted by molar-refractivity contribution is 0.300. The van der Waals surface area contributed by atoms with Crippen molar-refractivity contribution in [2.75, 3.05) is 0 Å². The third-order valence-electron chi connectivity index (χ3n) is 12.0. The normalized spacial score (nSPS) is 19.2. The first-order valence-corrected chi connectivity index (χ1v) is 21.7. The lowest BCUT2D eigenvalue weighted by Gasteiger charge is -2.25. The van der Waals surface area contributed by atoms with E-state index in [9.17, 15) is 8.78 Å². The Balaban J connectivity index is 0.000000211. The van der Waals surface area contributed by atoms with Crippen molar-refractivity contribution in [3.63, 3.8) is 0 Å². The number of unbranched alkanes of at least 4 members (excludes halogenated alkanes) is 2. The van der Waals surface area contributed by atoms with E-state index in [4.69, 9.17) is 0 Å². The average molecular weight is 739 g/mol. The van der Waals surface area contributed by atoms with Gasteiger partial charge in [0.1, 0.15) is 11.6 Å². The summed E-state index contributed by atoms with van der Waals surface area (Å²) in [5.41, 5.74) is 7.71. The molecule has 0 radical (unpaired) electrons. The highest BCUT2D eigenvalue weighted by atomic mass is 19.1. The Morgan fingerprint density at radius 1 is 0.473 bits per heavy atom. The zero-order valence-electron chi connectivity index (χ0n) is 34.2. The molecule has 0 spiro atoms. The van der Waals surface area contributed by atoms with Gasteiger partial charge in [-0.25, -0.2) is 8.78 Å². The van der Waals surface area contributed by atoms with E-state index in [-0.39, 0.29) is 11.6 Å². The van der Waals surface area contributed by atoms with Crippen LogP contribution in [0.15, 0.2) is 84.9 Å². The zero-order valence-corrected chi connectivity index (χ0v) is 34.2. The van der Waals surface area contributed by atoms with Crippen LogP contribution in [0, 0.1) is 59.0 Å². The number of aryl methyl sites for hydroxylation is 2. The van der Waals surface area contributed by atoms with Gasteiger partial charge >= 0.3 is 0 Å². The Bertz CT molecular complexity index is 1860. The van der Waals surface area contributed by atoms with Crippen molar-refractivity contribution in [3.05, 3.63) is 119 Å². The lowest BCUT2D eigenvalue weighted by Crippen LogP contribution is -2.13. The van der Waals surface area contributed by atoms with E-state index >= 15 is 0 Å². The summed E-state index contributed by atoms with van der Waals surface area (Å²) in [7, 11) is 0. The molecule has 0 heterocycles. The molecule has 4 aromatic rings. The maximum absolute atomic E-state index is 14.3. The number of rotatable bonds is 11. The molecule has 290 valence electrons. The van der Waals surface area contributed by atoms with E-state index in [1.165, 1.54) is 70.6 Å². The second-order valence-corrected chi connectivity index (χ2v) is 16.1. The van der Waals surface area contributed by atoms with Gasteiger partial charge in [0, 0.05) is 23.0 Å². The first-order chi connectivity index (χ1) is 26.9. The van der Waals surface area contributed by atoms with Crippen molar-refractivity contribution in [1.29, 1.82) is 0 Å². The van der Waals surface area contributed by atoms with Gasteiger partial charge in [-0.15, -0.1) is 0 Å². The summed E-state index contributed by atoms with van der Waals surface area (Å²) in [6.07, 6.45) is 20.2. The van der Waals surface area contributed by atoms with Crippen molar-refractivity contribution < 1.29 is 8.78 Å². The molecule has 0 atom stereocenters. The summed E-state index contributed by atoms with van der Waals surface area (Å²) in [5.74, 6) is 16.4. The SMILES string of the molecule is CCCCc1ccc(-c2ccc(C#C[C@H]3CC[C@H](CC)CC3)cc2)cc1F.CCCCc1ccc(-c2ccc(C#C[C@H]3CC[C@H](CCC)CC3)cc2)cc1F. The Morgan fingerprint density at radius 3 is 1.24 bits per heavy atom. The second kappa shape index (κ2) is 22.4. The largest absolute Gasteiger partial charge is 0.207 e. The van der Waals surface area contributed by atoms with Gasteiger partial charge in [-0.3, -0.25) is 0 Å². The molecule has 0 N–H and O–H groups in total. The van der Waals surface area contributed by atoms with E-state index in [0.717, 1.165) is 94.9 Å². The minimum atomic E-state index is -0.0903. The Labute approximate surface area is 333 Å². The monoisotopic (exact) mass is 738 g/mol. The van der Waals surface area contributed by atoms with Crippen molar-refractivity contribution in [3.8, 4) is 45.9 Å². The van der Waals surface area contributed by atoms with Gasteiger partial charge in [-0.1, -0.05) is 132 Å². The topological polar surface area (TPSA) is 0 Å². The van der Waals surface area contributed by atoms with E-state index in [1.807, 2.05) is 24.3 Å². The predicted molar refractivity (Wildman–Crippen MR) is 231 cm³/mol. The molecule has 2 aliphatic carbocycles. The van der Waals surface area contributed by atoms with Crippen molar-refractivity contribution >= 4 is 0 Å². The quantitative estimate of drug-likeness (QED) is 0.134. The molecule has 0 aliphatic heterocycles. The zero-order chi connectivity index (χ0) is 38.8. The van der Waals surface area contributed by atoms with Crippen LogP contribution in [0.3, 0.4) is 0 Å². The molecular weight excluding hydrogens is 675 g/mol. The Morgan fingerprint density at radius 2 is 0.873 bits per heavy atom. The molecule has 0 unspecified atom stereocenters. The maximum atomic E-state index is 14.3. The molecule has 0 amide bonds. The van der Waals surface area contributed by atoms with Crippen molar-refractivity contribution in [1.82, 2.24) is 0 Å². The third kappa shape index (κ3) is 13.2. The van der Waals surface area contributed by atoms with Crippen LogP contribution < -0.4 is 0 Å². The van der Waals surface area contributed by atoms with Gasteiger partial charge in [-0.05, 0) is 159 Å². The Hall–Kier alpha value is -4.14. The summed E-state index contributed by atoms with van der Waals surface area (Å²) >= 11 is 0. The fraction of sp³-hybridized carbons (Fsp3) is 0.472. The van der Waals surface area contributed by atoms with Crippen LogP contribution in [0.2, 0.25) is 0 Å². The van der Waals surface area contributed by atoms with Crippen LogP contribution in [0.4, 0.5) is 8.78 Å². The van der Waals surface area contributed by atoms with E-state index in [1.54, 1.807) is 12.1 Å². The molecule has 2 saturated carbocycles. The highest BCUT2D eigenvalue weighted by Crippen LogP contribution is 2.32. The molecule has 55 heavy (non-hydrogen) atoms. The first-order valence-electron chi connectivity index (χ1n) is 21.7. The smallest absolute Gasteiger partial charge is 0.127 e. The second-order valence-electron chi connectivity index (χ2n) is 16.1. The van der Waals surface area contributed by atoms with Gasteiger partial charge < -0.3 is 0 Å². The number of benzene rings is 4. The fourth-order valence-electron chi connectivity index (χ4n) is 8.18. The maximum Gasteiger partial charge on any atom is 0.127 e. The summed E-state index contributed by atoms with van der Waals surface area (Å²) in [5, 5.41) is 0. The van der Waals surface area contributed by atoms with E-state index < -0.39 is 0 Å². The molecule has 0 saturated heterocycles. The highest BCUT2D eigenvalue weighted by Gasteiger charge is 2.19.